The van der Waals surface area contributed by atoms with Gasteiger partial charge in [-0.2, -0.15) is 0 Å². The van der Waals surface area contributed by atoms with Gasteiger partial charge in [0.05, 0.1) is 6.54 Å². The first-order valence-electron chi connectivity index (χ1n) is 6.25. The Labute approximate surface area is 112 Å². The lowest BCUT2D eigenvalue weighted by atomic mass is 9.96. The van der Waals surface area contributed by atoms with Crippen LogP contribution in [0.2, 0.25) is 0 Å². The number of furan rings is 1. The second-order valence-corrected chi connectivity index (χ2v) is 5.92. The van der Waals surface area contributed by atoms with Crippen molar-refractivity contribution in [1.82, 2.24) is 10.2 Å². The molecule has 1 heterocycles. The fraction of sp³-hybridized carbons (Fsp3) is 0.692. The van der Waals surface area contributed by atoms with Crippen LogP contribution < -0.4 is 5.32 Å². The van der Waals surface area contributed by atoms with Crippen molar-refractivity contribution >= 4 is 15.9 Å². The number of halogens is 1. The van der Waals surface area contributed by atoms with Crippen molar-refractivity contribution in [3.05, 3.63) is 22.6 Å². The molecule has 96 valence electrons. The van der Waals surface area contributed by atoms with E-state index < -0.39 is 0 Å². The number of hydrogen-bond donors (Lipinski definition) is 1. The summed E-state index contributed by atoms with van der Waals surface area (Å²) >= 11 is 3.32. The van der Waals surface area contributed by atoms with E-state index in [0.717, 1.165) is 23.5 Å². The van der Waals surface area contributed by atoms with E-state index in [2.05, 4.69) is 40.2 Å². The highest BCUT2D eigenvalue weighted by Gasteiger charge is 2.35. The molecule has 0 unspecified atom stereocenters. The van der Waals surface area contributed by atoms with Crippen molar-refractivity contribution in [2.45, 2.75) is 37.8 Å². The number of rotatable bonds is 5. The lowest BCUT2D eigenvalue weighted by Gasteiger charge is -2.36. The normalized spacial score (nSPS) is 19.1. The van der Waals surface area contributed by atoms with E-state index in [0.29, 0.717) is 5.54 Å². The smallest absolute Gasteiger partial charge is 0.169 e. The summed E-state index contributed by atoms with van der Waals surface area (Å²) in [5.74, 6) is 0.990. The van der Waals surface area contributed by atoms with Gasteiger partial charge in [0.25, 0.3) is 0 Å². The predicted octanol–water partition coefficient (Wildman–Crippen LogP) is 3.01. The summed E-state index contributed by atoms with van der Waals surface area (Å²) in [6, 6.07) is 3.95. The average Bonchev–Trinajstić information content (AvgIpc) is 2.89. The molecule has 0 spiro atoms. The third kappa shape index (κ3) is 3.12. The standard InChI is InChI=1S/C13H21BrN2O/c1-16(2)13(7-3-4-8-13)10-15-9-11-5-6-12(14)17-11/h5-6,15H,3-4,7-10H2,1-2H3. The van der Waals surface area contributed by atoms with Crippen LogP contribution in [0, 0.1) is 0 Å². The molecule has 3 nitrogen and oxygen atoms in total. The van der Waals surface area contributed by atoms with Gasteiger partial charge < -0.3 is 14.6 Å². The topological polar surface area (TPSA) is 28.4 Å². The van der Waals surface area contributed by atoms with Crippen LogP contribution in [0.4, 0.5) is 0 Å². The van der Waals surface area contributed by atoms with Gasteiger partial charge in [-0.25, -0.2) is 0 Å². The van der Waals surface area contributed by atoms with Crippen LogP contribution in [0.3, 0.4) is 0 Å². The molecular weight excluding hydrogens is 280 g/mol. The molecule has 17 heavy (non-hydrogen) atoms. The fourth-order valence-electron chi connectivity index (χ4n) is 2.68. The lowest BCUT2D eigenvalue weighted by molar-refractivity contribution is 0.152. The zero-order valence-electron chi connectivity index (χ0n) is 10.6. The molecule has 0 atom stereocenters. The molecule has 1 saturated carbocycles. The van der Waals surface area contributed by atoms with Crippen LogP contribution in [0.25, 0.3) is 0 Å². The second-order valence-electron chi connectivity index (χ2n) is 5.14. The van der Waals surface area contributed by atoms with Crippen LogP contribution >= 0.6 is 15.9 Å². The summed E-state index contributed by atoms with van der Waals surface area (Å²) in [6.07, 6.45) is 5.31. The maximum Gasteiger partial charge on any atom is 0.169 e. The highest BCUT2D eigenvalue weighted by molar-refractivity contribution is 9.10. The van der Waals surface area contributed by atoms with Gasteiger partial charge in [0.15, 0.2) is 4.67 Å². The number of likely N-dealkylation sites (N-methyl/N-ethyl adjacent to an activating group) is 1. The van der Waals surface area contributed by atoms with Crippen molar-refractivity contribution in [2.24, 2.45) is 0 Å². The molecule has 0 bridgehead atoms. The van der Waals surface area contributed by atoms with Crippen molar-refractivity contribution in [3.63, 3.8) is 0 Å². The summed E-state index contributed by atoms with van der Waals surface area (Å²) in [4.78, 5) is 2.38. The summed E-state index contributed by atoms with van der Waals surface area (Å²) in [5, 5.41) is 3.52. The highest BCUT2D eigenvalue weighted by Crippen LogP contribution is 2.33. The minimum absolute atomic E-state index is 0.351. The van der Waals surface area contributed by atoms with E-state index in [9.17, 15) is 0 Å². The van der Waals surface area contributed by atoms with E-state index >= 15 is 0 Å². The molecular formula is C13H21BrN2O. The first-order valence-corrected chi connectivity index (χ1v) is 7.04. The molecule has 1 fully saturated rings. The molecule has 1 aromatic rings. The number of nitrogens with one attached hydrogen (secondary N) is 1. The predicted molar refractivity (Wildman–Crippen MR) is 73.0 cm³/mol. The third-order valence-electron chi connectivity index (χ3n) is 3.87. The van der Waals surface area contributed by atoms with Gasteiger partial charge in [0, 0.05) is 12.1 Å². The maximum absolute atomic E-state index is 5.48. The Bertz CT molecular complexity index is 356. The first kappa shape index (κ1) is 13.1. The van der Waals surface area contributed by atoms with Crippen molar-refractivity contribution < 1.29 is 4.42 Å². The van der Waals surface area contributed by atoms with Gasteiger partial charge >= 0.3 is 0 Å². The van der Waals surface area contributed by atoms with Gasteiger partial charge in [0.1, 0.15) is 5.76 Å². The molecule has 0 saturated heterocycles. The van der Waals surface area contributed by atoms with Crippen molar-refractivity contribution in [3.8, 4) is 0 Å². The van der Waals surface area contributed by atoms with Crippen LogP contribution in [0.15, 0.2) is 21.2 Å². The molecule has 1 N–H and O–H groups in total. The number of hydrogen-bond acceptors (Lipinski definition) is 3. The monoisotopic (exact) mass is 300 g/mol. The average molecular weight is 301 g/mol. The molecule has 2 rings (SSSR count). The fourth-order valence-corrected chi connectivity index (χ4v) is 3.02. The Morgan fingerprint density at radius 2 is 2.06 bits per heavy atom. The number of nitrogens with zero attached hydrogens (tertiary/aromatic N) is 1. The molecule has 1 aliphatic rings. The minimum atomic E-state index is 0.351. The van der Waals surface area contributed by atoms with Gasteiger partial charge in [0.2, 0.25) is 0 Å². The molecule has 1 aromatic heterocycles. The van der Waals surface area contributed by atoms with Crippen LogP contribution in [-0.4, -0.2) is 31.1 Å². The summed E-state index contributed by atoms with van der Waals surface area (Å²) < 4.78 is 6.29. The second kappa shape index (κ2) is 5.55. The Morgan fingerprint density at radius 3 is 2.59 bits per heavy atom. The Balaban J connectivity index is 1.84. The Morgan fingerprint density at radius 1 is 1.35 bits per heavy atom. The van der Waals surface area contributed by atoms with Crippen molar-refractivity contribution in [2.75, 3.05) is 20.6 Å². The maximum atomic E-state index is 5.48. The molecule has 1 aliphatic carbocycles. The first-order chi connectivity index (χ1) is 8.12. The van der Waals surface area contributed by atoms with E-state index in [1.807, 2.05) is 12.1 Å². The van der Waals surface area contributed by atoms with Crippen LogP contribution in [0.1, 0.15) is 31.4 Å². The molecule has 0 radical (unpaired) electrons. The summed E-state index contributed by atoms with van der Waals surface area (Å²) in [7, 11) is 4.38. The summed E-state index contributed by atoms with van der Waals surface area (Å²) in [6.45, 7) is 1.85. The van der Waals surface area contributed by atoms with Crippen molar-refractivity contribution in [1.29, 1.82) is 0 Å². The summed E-state index contributed by atoms with van der Waals surface area (Å²) in [5.41, 5.74) is 0.351. The van der Waals surface area contributed by atoms with E-state index in [1.54, 1.807) is 0 Å². The highest BCUT2D eigenvalue weighted by atomic mass is 79.9. The largest absolute Gasteiger partial charge is 0.453 e. The minimum Gasteiger partial charge on any atom is -0.453 e. The third-order valence-corrected chi connectivity index (χ3v) is 4.29. The SMILES string of the molecule is CN(C)C1(CNCc2ccc(Br)o2)CCCC1. The lowest BCUT2D eigenvalue weighted by Crippen LogP contribution is -2.49. The molecule has 0 amide bonds. The van der Waals surface area contributed by atoms with E-state index in [1.165, 1.54) is 25.7 Å². The van der Waals surface area contributed by atoms with Gasteiger partial charge in [-0.3, -0.25) is 0 Å². The van der Waals surface area contributed by atoms with E-state index in [-0.39, 0.29) is 0 Å². The zero-order valence-corrected chi connectivity index (χ0v) is 12.2. The van der Waals surface area contributed by atoms with Gasteiger partial charge in [-0.15, -0.1) is 0 Å². The molecule has 0 aromatic carbocycles. The van der Waals surface area contributed by atoms with Gasteiger partial charge in [-0.05, 0) is 55.0 Å². The Hall–Kier alpha value is -0.320. The van der Waals surface area contributed by atoms with Gasteiger partial charge in [-0.1, -0.05) is 12.8 Å². The van der Waals surface area contributed by atoms with Crippen LogP contribution in [-0.2, 0) is 6.54 Å². The van der Waals surface area contributed by atoms with Crippen LogP contribution in [0.5, 0.6) is 0 Å². The quantitative estimate of drug-likeness (QED) is 0.906. The van der Waals surface area contributed by atoms with E-state index in [4.69, 9.17) is 4.42 Å². The Kier molecular flexibility index (Phi) is 4.28. The zero-order chi connectivity index (χ0) is 12.3. The molecule has 0 aliphatic heterocycles. The molecule has 4 heteroatoms.